The van der Waals surface area contributed by atoms with Gasteiger partial charge in [0, 0.05) is 11.7 Å². The molecular formula is C21H28N4O. The standard InChI is InChI=1S/C21H28N4O/c1-21(2,3)15-9-11-17(12-10-15)25-20(26)18-13-23-19(14-22-18)24-16-7-5-4-6-8-16/h9-14,16H,4-8H2,1-3H3,(H,23,24)(H,25,26). The summed E-state index contributed by atoms with van der Waals surface area (Å²) in [6, 6.07) is 8.39. The Morgan fingerprint density at radius 1 is 1.00 bits per heavy atom. The van der Waals surface area contributed by atoms with Gasteiger partial charge >= 0.3 is 0 Å². The smallest absolute Gasteiger partial charge is 0.275 e. The number of hydrogen-bond acceptors (Lipinski definition) is 4. The van der Waals surface area contributed by atoms with Gasteiger partial charge in [-0.1, -0.05) is 52.2 Å². The monoisotopic (exact) mass is 352 g/mol. The molecule has 1 saturated carbocycles. The maximum absolute atomic E-state index is 12.4. The second-order valence-electron chi connectivity index (χ2n) is 8.05. The van der Waals surface area contributed by atoms with Crippen LogP contribution in [0.15, 0.2) is 36.7 Å². The fourth-order valence-corrected chi connectivity index (χ4v) is 3.22. The molecule has 26 heavy (non-hydrogen) atoms. The minimum absolute atomic E-state index is 0.0924. The molecule has 1 aromatic heterocycles. The van der Waals surface area contributed by atoms with Crippen molar-refractivity contribution in [3.63, 3.8) is 0 Å². The Kier molecular flexibility index (Phi) is 5.55. The first-order chi connectivity index (χ1) is 12.4. The first-order valence-corrected chi connectivity index (χ1v) is 9.42. The minimum Gasteiger partial charge on any atom is -0.366 e. The molecule has 0 radical (unpaired) electrons. The van der Waals surface area contributed by atoms with Crippen LogP contribution in [0.2, 0.25) is 0 Å². The predicted molar refractivity (Wildman–Crippen MR) is 106 cm³/mol. The molecule has 0 atom stereocenters. The Labute approximate surface area is 155 Å². The van der Waals surface area contributed by atoms with Crippen LogP contribution < -0.4 is 10.6 Å². The predicted octanol–water partition coefficient (Wildman–Crippen LogP) is 4.77. The lowest BCUT2D eigenvalue weighted by Crippen LogP contribution is -2.23. The van der Waals surface area contributed by atoms with Crippen LogP contribution in [-0.2, 0) is 5.41 Å². The van der Waals surface area contributed by atoms with Crippen molar-refractivity contribution in [2.75, 3.05) is 10.6 Å². The van der Waals surface area contributed by atoms with Crippen LogP contribution in [0, 0.1) is 0 Å². The molecule has 138 valence electrons. The lowest BCUT2D eigenvalue weighted by Gasteiger charge is -2.23. The van der Waals surface area contributed by atoms with Crippen molar-refractivity contribution in [2.24, 2.45) is 0 Å². The first-order valence-electron chi connectivity index (χ1n) is 9.42. The number of carbonyl (C=O) groups excluding carboxylic acids is 1. The van der Waals surface area contributed by atoms with Crippen molar-refractivity contribution in [3.8, 4) is 0 Å². The summed E-state index contributed by atoms with van der Waals surface area (Å²) in [5.74, 6) is 0.494. The zero-order chi connectivity index (χ0) is 18.6. The first kappa shape index (κ1) is 18.4. The van der Waals surface area contributed by atoms with Gasteiger partial charge in [0.15, 0.2) is 0 Å². The van der Waals surface area contributed by atoms with Crippen molar-refractivity contribution in [1.82, 2.24) is 9.97 Å². The van der Waals surface area contributed by atoms with Gasteiger partial charge in [0.05, 0.1) is 12.4 Å². The van der Waals surface area contributed by atoms with Crippen molar-refractivity contribution >= 4 is 17.4 Å². The van der Waals surface area contributed by atoms with Gasteiger partial charge in [-0.25, -0.2) is 9.97 Å². The van der Waals surface area contributed by atoms with Gasteiger partial charge in [-0.05, 0) is 36.0 Å². The van der Waals surface area contributed by atoms with Crippen LogP contribution in [0.5, 0.6) is 0 Å². The Morgan fingerprint density at radius 2 is 1.69 bits per heavy atom. The lowest BCUT2D eigenvalue weighted by atomic mass is 9.87. The van der Waals surface area contributed by atoms with Gasteiger partial charge in [0.1, 0.15) is 11.5 Å². The molecule has 1 amide bonds. The number of nitrogens with one attached hydrogen (secondary N) is 2. The van der Waals surface area contributed by atoms with E-state index in [9.17, 15) is 4.79 Å². The Morgan fingerprint density at radius 3 is 2.27 bits per heavy atom. The highest BCUT2D eigenvalue weighted by Gasteiger charge is 2.15. The van der Waals surface area contributed by atoms with E-state index < -0.39 is 0 Å². The SMILES string of the molecule is CC(C)(C)c1ccc(NC(=O)c2cnc(NC3CCCCC3)cn2)cc1. The molecule has 3 rings (SSSR count). The van der Waals surface area contributed by atoms with E-state index in [0.717, 1.165) is 11.5 Å². The fraction of sp³-hybridized carbons (Fsp3) is 0.476. The lowest BCUT2D eigenvalue weighted by molar-refractivity contribution is 0.102. The molecular weight excluding hydrogens is 324 g/mol. The molecule has 0 bridgehead atoms. The summed E-state index contributed by atoms with van der Waals surface area (Å²) in [6.07, 6.45) is 9.37. The molecule has 1 aliphatic rings. The fourth-order valence-electron chi connectivity index (χ4n) is 3.22. The maximum Gasteiger partial charge on any atom is 0.275 e. The van der Waals surface area contributed by atoms with Crippen molar-refractivity contribution in [1.29, 1.82) is 0 Å². The molecule has 1 heterocycles. The number of hydrogen-bond donors (Lipinski definition) is 2. The highest BCUT2D eigenvalue weighted by molar-refractivity contribution is 6.02. The molecule has 0 spiro atoms. The number of aromatic nitrogens is 2. The van der Waals surface area contributed by atoms with Gasteiger partial charge in [-0.15, -0.1) is 0 Å². The molecule has 1 fully saturated rings. The van der Waals surface area contributed by atoms with E-state index in [1.165, 1.54) is 43.9 Å². The average molecular weight is 352 g/mol. The highest BCUT2D eigenvalue weighted by atomic mass is 16.1. The summed E-state index contributed by atoms with van der Waals surface area (Å²) in [5, 5.41) is 6.29. The molecule has 2 aromatic rings. The summed E-state index contributed by atoms with van der Waals surface area (Å²) in [5.41, 5.74) is 2.40. The van der Waals surface area contributed by atoms with Gasteiger partial charge in [-0.2, -0.15) is 0 Å². The number of rotatable bonds is 4. The second kappa shape index (κ2) is 7.85. The molecule has 5 heteroatoms. The van der Waals surface area contributed by atoms with Gasteiger partial charge in [0.2, 0.25) is 0 Å². The normalized spacial score (nSPS) is 15.5. The summed E-state index contributed by atoms with van der Waals surface area (Å²) in [7, 11) is 0. The van der Waals surface area contributed by atoms with E-state index in [1.807, 2.05) is 24.3 Å². The summed E-state index contributed by atoms with van der Waals surface area (Å²) in [4.78, 5) is 21.0. The number of benzene rings is 1. The molecule has 1 aromatic carbocycles. The maximum atomic E-state index is 12.4. The Balaban J connectivity index is 1.59. The van der Waals surface area contributed by atoms with E-state index in [4.69, 9.17) is 0 Å². The van der Waals surface area contributed by atoms with Crippen LogP contribution >= 0.6 is 0 Å². The number of anilines is 2. The van der Waals surface area contributed by atoms with Crippen LogP contribution in [-0.4, -0.2) is 21.9 Å². The van der Waals surface area contributed by atoms with Gasteiger partial charge in [-0.3, -0.25) is 4.79 Å². The van der Waals surface area contributed by atoms with E-state index in [2.05, 4.69) is 41.4 Å². The Bertz CT molecular complexity index is 726. The highest BCUT2D eigenvalue weighted by Crippen LogP contribution is 2.24. The third-order valence-corrected chi connectivity index (χ3v) is 4.85. The topological polar surface area (TPSA) is 66.9 Å². The van der Waals surface area contributed by atoms with E-state index in [1.54, 1.807) is 6.20 Å². The van der Waals surface area contributed by atoms with Gasteiger partial charge < -0.3 is 10.6 Å². The second-order valence-corrected chi connectivity index (χ2v) is 8.05. The largest absolute Gasteiger partial charge is 0.366 e. The van der Waals surface area contributed by atoms with Crippen LogP contribution in [0.3, 0.4) is 0 Å². The number of nitrogens with zero attached hydrogens (tertiary/aromatic N) is 2. The molecule has 2 N–H and O–H groups in total. The minimum atomic E-state index is -0.245. The quantitative estimate of drug-likeness (QED) is 0.832. The van der Waals surface area contributed by atoms with Crippen LogP contribution in [0.4, 0.5) is 11.5 Å². The van der Waals surface area contributed by atoms with Crippen LogP contribution in [0.25, 0.3) is 0 Å². The third kappa shape index (κ3) is 4.81. The van der Waals surface area contributed by atoms with Crippen molar-refractivity contribution < 1.29 is 4.79 Å². The van der Waals surface area contributed by atoms with Crippen LogP contribution in [0.1, 0.15) is 68.9 Å². The average Bonchev–Trinajstić information content (AvgIpc) is 2.63. The zero-order valence-corrected chi connectivity index (χ0v) is 15.9. The molecule has 0 aliphatic heterocycles. The molecule has 0 saturated heterocycles. The van der Waals surface area contributed by atoms with E-state index in [-0.39, 0.29) is 11.3 Å². The number of carbonyl (C=O) groups is 1. The number of amides is 1. The van der Waals surface area contributed by atoms with Crippen molar-refractivity contribution in [3.05, 3.63) is 47.9 Å². The Hall–Kier alpha value is -2.43. The molecule has 0 unspecified atom stereocenters. The third-order valence-electron chi connectivity index (χ3n) is 4.85. The van der Waals surface area contributed by atoms with Crippen molar-refractivity contribution in [2.45, 2.75) is 64.3 Å². The van der Waals surface area contributed by atoms with E-state index in [0.29, 0.717) is 11.7 Å². The summed E-state index contributed by atoms with van der Waals surface area (Å²) in [6.45, 7) is 6.50. The zero-order valence-electron chi connectivity index (χ0n) is 15.9. The summed E-state index contributed by atoms with van der Waals surface area (Å²) >= 11 is 0. The van der Waals surface area contributed by atoms with Gasteiger partial charge in [0.25, 0.3) is 5.91 Å². The van der Waals surface area contributed by atoms with E-state index >= 15 is 0 Å². The summed E-state index contributed by atoms with van der Waals surface area (Å²) < 4.78 is 0. The molecule has 1 aliphatic carbocycles. The molecule has 5 nitrogen and oxygen atoms in total.